The summed E-state index contributed by atoms with van der Waals surface area (Å²) in [5.41, 5.74) is 2.72. The molecule has 1 aromatic heterocycles. The summed E-state index contributed by atoms with van der Waals surface area (Å²) in [6.07, 6.45) is 1.92. The van der Waals surface area contributed by atoms with E-state index in [1.807, 2.05) is 12.1 Å². The smallest absolute Gasteiger partial charge is 0.132 e. The third-order valence-corrected chi connectivity index (χ3v) is 4.59. The first-order valence-corrected chi connectivity index (χ1v) is 8.50. The second-order valence-corrected chi connectivity index (χ2v) is 6.21. The van der Waals surface area contributed by atoms with Crippen LogP contribution in [0.2, 0.25) is 0 Å². The van der Waals surface area contributed by atoms with Crippen molar-refractivity contribution in [3.63, 3.8) is 0 Å². The van der Waals surface area contributed by atoms with Gasteiger partial charge >= 0.3 is 0 Å². The zero-order valence-electron chi connectivity index (χ0n) is 14.2. The lowest BCUT2D eigenvalue weighted by atomic mass is 10.0. The van der Waals surface area contributed by atoms with Gasteiger partial charge in [-0.25, -0.2) is 4.39 Å². The zero-order chi connectivity index (χ0) is 17.9. The van der Waals surface area contributed by atoms with Gasteiger partial charge in [0.15, 0.2) is 0 Å². The van der Waals surface area contributed by atoms with Crippen molar-refractivity contribution in [3.05, 3.63) is 54.0 Å². The molecule has 0 N–H and O–H groups in total. The van der Waals surface area contributed by atoms with Gasteiger partial charge in [-0.1, -0.05) is 6.07 Å². The van der Waals surface area contributed by atoms with Crippen LogP contribution in [0.15, 0.2) is 42.6 Å². The number of rotatable bonds is 3. The van der Waals surface area contributed by atoms with E-state index in [1.54, 1.807) is 18.3 Å². The Hall–Kier alpha value is -3.04. The Morgan fingerprint density at radius 3 is 2.81 bits per heavy atom. The molecule has 0 bridgehead atoms. The van der Waals surface area contributed by atoms with Gasteiger partial charge in [0.1, 0.15) is 11.5 Å². The molecular formula is C20H17FN4O. The van der Waals surface area contributed by atoms with Crippen LogP contribution in [0.1, 0.15) is 5.56 Å². The monoisotopic (exact) mass is 348 g/mol. The fourth-order valence-electron chi connectivity index (χ4n) is 3.25. The van der Waals surface area contributed by atoms with E-state index in [2.05, 4.69) is 27.2 Å². The number of hydrogen-bond acceptors (Lipinski definition) is 5. The fourth-order valence-corrected chi connectivity index (χ4v) is 3.25. The van der Waals surface area contributed by atoms with E-state index in [0.717, 1.165) is 48.3 Å². The lowest BCUT2D eigenvalue weighted by Crippen LogP contribution is -2.36. The van der Waals surface area contributed by atoms with Gasteiger partial charge in [-0.2, -0.15) is 10.4 Å². The standard InChI is InChI=1S/C20H17FN4O/c21-19-4-1-14(5-6-22)11-18(19)20-17-3-2-16(12-15(17)13-23-24-20)25-7-9-26-10-8-25/h1-4,11-13H,5,7-10H2. The molecule has 4 rings (SSSR count). The van der Waals surface area contributed by atoms with Crippen LogP contribution in [0.3, 0.4) is 0 Å². The molecule has 6 heteroatoms. The quantitative estimate of drug-likeness (QED) is 0.726. The van der Waals surface area contributed by atoms with Crippen LogP contribution in [0.5, 0.6) is 0 Å². The van der Waals surface area contributed by atoms with Gasteiger partial charge in [0, 0.05) is 35.1 Å². The molecule has 1 fully saturated rings. The first kappa shape index (κ1) is 16.4. The van der Waals surface area contributed by atoms with Gasteiger partial charge in [0.2, 0.25) is 0 Å². The maximum Gasteiger partial charge on any atom is 0.132 e. The minimum absolute atomic E-state index is 0.229. The molecule has 0 saturated carbocycles. The van der Waals surface area contributed by atoms with Crippen LogP contribution in [0, 0.1) is 17.1 Å². The van der Waals surface area contributed by atoms with E-state index in [1.165, 1.54) is 6.07 Å². The minimum atomic E-state index is -0.370. The van der Waals surface area contributed by atoms with E-state index in [9.17, 15) is 4.39 Å². The van der Waals surface area contributed by atoms with Gasteiger partial charge in [-0.3, -0.25) is 0 Å². The molecule has 1 aliphatic heterocycles. The van der Waals surface area contributed by atoms with Crippen molar-refractivity contribution in [1.82, 2.24) is 10.2 Å². The Morgan fingerprint density at radius 2 is 2.00 bits per heavy atom. The molecule has 5 nitrogen and oxygen atoms in total. The summed E-state index contributed by atoms with van der Waals surface area (Å²) in [5.74, 6) is -0.370. The van der Waals surface area contributed by atoms with Crippen LogP contribution >= 0.6 is 0 Å². The summed E-state index contributed by atoms with van der Waals surface area (Å²) in [5, 5.41) is 18.9. The second kappa shape index (κ2) is 7.06. The Bertz CT molecular complexity index is 993. The van der Waals surface area contributed by atoms with Gasteiger partial charge in [-0.15, -0.1) is 5.10 Å². The Kier molecular flexibility index (Phi) is 4.46. The van der Waals surface area contributed by atoms with Crippen LogP contribution in [-0.2, 0) is 11.2 Å². The highest BCUT2D eigenvalue weighted by Gasteiger charge is 2.15. The number of morpholine rings is 1. The number of fused-ring (bicyclic) bond motifs is 1. The van der Waals surface area contributed by atoms with E-state index in [-0.39, 0.29) is 12.2 Å². The van der Waals surface area contributed by atoms with E-state index in [4.69, 9.17) is 10.00 Å². The first-order chi connectivity index (χ1) is 12.8. The Morgan fingerprint density at radius 1 is 1.15 bits per heavy atom. The van der Waals surface area contributed by atoms with Crippen molar-refractivity contribution in [2.24, 2.45) is 0 Å². The largest absolute Gasteiger partial charge is 0.378 e. The third kappa shape index (κ3) is 3.09. The molecule has 0 aliphatic carbocycles. The van der Waals surface area contributed by atoms with Crippen molar-refractivity contribution in [3.8, 4) is 17.3 Å². The first-order valence-electron chi connectivity index (χ1n) is 8.50. The van der Waals surface area contributed by atoms with Crippen LogP contribution in [0.25, 0.3) is 22.0 Å². The topological polar surface area (TPSA) is 62.0 Å². The normalized spacial score (nSPS) is 14.4. The van der Waals surface area contributed by atoms with Gasteiger partial charge < -0.3 is 9.64 Å². The van der Waals surface area contributed by atoms with Crippen molar-refractivity contribution in [2.75, 3.05) is 31.2 Å². The number of hydrogen-bond donors (Lipinski definition) is 0. The Labute approximate surface area is 150 Å². The van der Waals surface area contributed by atoms with Crippen LogP contribution in [-0.4, -0.2) is 36.5 Å². The summed E-state index contributed by atoms with van der Waals surface area (Å²) in [6.45, 7) is 3.13. The maximum absolute atomic E-state index is 14.4. The van der Waals surface area contributed by atoms with Crippen molar-refractivity contribution < 1.29 is 9.13 Å². The molecule has 26 heavy (non-hydrogen) atoms. The van der Waals surface area contributed by atoms with Gasteiger partial charge in [0.25, 0.3) is 0 Å². The Balaban J connectivity index is 1.79. The fraction of sp³-hybridized carbons (Fsp3) is 0.250. The van der Waals surface area contributed by atoms with E-state index >= 15 is 0 Å². The SMILES string of the molecule is N#CCc1ccc(F)c(-c2nncc3cc(N4CCOCC4)ccc23)c1. The van der Waals surface area contributed by atoms with E-state index in [0.29, 0.717) is 11.3 Å². The number of ether oxygens (including phenoxy) is 1. The number of halogens is 1. The van der Waals surface area contributed by atoms with E-state index < -0.39 is 0 Å². The molecule has 0 unspecified atom stereocenters. The van der Waals surface area contributed by atoms with Crippen LogP contribution in [0.4, 0.5) is 10.1 Å². The molecule has 130 valence electrons. The molecule has 1 aliphatic rings. The lowest BCUT2D eigenvalue weighted by molar-refractivity contribution is 0.122. The summed E-state index contributed by atoms with van der Waals surface area (Å²) in [6, 6.07) is 12.8. The highest BCUT2D eigenvalue weighted by molar-refractivity contribution is 5.95. The average molecular weight is 348 g/mol. The van der Waals surface area contributed by atoms with Crippen molar-refractivity contribution in [1.29, 1.82) is 5.26 Å². The third-order valence-electron chi connectivity index (χ3n) is 4.59. The molecule has 0 amide bonds. The predicted molar refractivity (Wildman–Crippen MR) is 97.3 cm³/mol. The lowest BCUT2D eigenvalue weighted by Gasteiger charge is -2.29. The second-order valence-electron chi connectivity index (χ2n) is 6.21. The predicted octanol–water partition coefficient (Wildman–Crippen LogP) is 3.34. The van der Waals surface area contributed by atoms with Crippen LogP contribution < -0.4 is 4.90 Å². The average Bonchev–Trinajstić information content (AvgIpc) is 2.69. The van der Waals surface area contributed by atoms with Crippen molar-refractivity contribution in [2.45, 2.75) is 6.42 Å². The summed E-state index contributed by atoms with van der Waals surface area (Å²) >= 11 is 0. The molecular weight excluding hydrogens is 331 g/mol. The molecule has 2 heterocycles. The maximum atomic E-state index is 14.4. The number of aromatic nitrogens is 2. The zero-order valence-corrected chi connectivity index (χ0v) is 14.2. The summed E-state index contributed by atoms with van der Waals surface area (Å²) < 4.78 is 19.8. The highest BCUT2D eigenvalue weighted by Crippen LogP contribution is 2.31. The number of nitrogens with zero attached hydrogens (tertiary/aromatic N) is 4. The molecule has 0 spiro atoms. The molecule has 2 aromatic carbocycles. The van der Waals surface area contributed by atoms with Crippen molar-refractivity contribution >= 4 is 16.5 Å². The molecule has 0 atom stereocenters. The summed E-state index contributed by atoms with van der Waals surface area (Å²) in [7, 11) is 0. The minimum Gasteiger partial charge on any atom is -0.378 e. The number of anilines is 1. The van der Waals surface area contributed by atoms with Gasteiger partial charge in [-0.05, 0) is 35.9 Å². The molecule has 0 radical (unpaired) electrons. The molecule has 3 aromatic rings. The summed E-state index contributed by atoms with van der Waals surface area (Å²) in [4.78, 5) is 2.26. The molecule has 1 saturated heterocycles. The van der Waals surface area contributed by atoms with Gasteiger partial charge in [0.05, 0.1) is 31.9 Å². The number of nitriles is 1. The highest BCUT2D eigenvalue weighted by atomic mass is 19.1. The number of benzene rings is 2.